The molecule has 2 rings (SSSR count). The highest BCUT2D eigenvalue weighted by Gasteiger charge is 2.21. The van der Waals surface area contributed by atoms with Crippen molar-refractivity contribution in [1.29, 1.82) is 0 Å². The van der Waals surface area contributed by atoms with Gasteiger partial charge in [0.2, 0.25) is 0 Å². The first kappa shape index (κ1) is 17.0. The Bertz CT molecular complexity index is 678. The molecule has 0 amide bonds. The van der Waals surface area contributed by atoms with Gasteiger partial charge in [-0.25, -0.2) is 0 Å². The average molecular weight is 459 g/mol. The van der Waals surface area contributed by atoms with Gasteiger partial charge in [0.15, 0.2) is 0 Å². The Hall–Kier alpha value is -0.390. The lowest BCUT2D eigenvalue weighted by Crippen LogP contribution is -2.10. The van der Waals surface area contributed by atoms with Crippen LogP contribution in [0, 0.1) is 38.2 Å². The molecule has 0 spiro atoms. The van der Waals surface area contributed by atoms with E-state index in [-0.39, 0.29) is 0 Å². The first-order valence-electron chi connectivity index (χ1n) is 6.95. The molecule has 2 aromatic rings. The normalized spacial score (nSPS) is 12.6. The van der Waals surface area contributed by atoms with Gasteiger partial charge >= 0.3 is 0 Å². The highest BCUT2D eigenvalue weighted by Crippen LogP contribution is 2.36. The van der Waals surface area contributed by atoms with Gasteiger partial charge in [-0.05, 0) is 109 Å². The summed E-state index contributed by atoms with van der Waals surface area (Å²) in [5.74, 6) is 0. The van der Waals surface area contributed by atoms with Gasteiger partial charge in [0.25, 0.3) is 0 Å². The van der Waals surface area contributed by atoms with Crippen LogP contribution in [-0.2, 0) is 0 Å². The van der Waals surface area contributed by atoms with E-state index in [9.17, 15) is 5.11 Å². The number of hydrogen-bond donors (Lipinski definition) is 1. The fourth-order valence-corrected chi connectivity index (χ4v) is 3.80. The highest BCUT2D eigenvalue weighted by atomic mass is 127. The van der Waals surface area contributed by atoms with Crippen LogP contribution >= 0.6 is 38.5 Å². The first-order valence-corrected chi connectivity index (χ1v) is 8.82. The summed E-state index contributed by atoms with van der Waals surface area (Å²) in [5, 5.41) is 11.0. The summed E-state index contributed by atoms with van der Waals surface area (Å²) in [7, 11) is 0. The predicted molar refractivity (Wildman–Crippen MR) is 101 cm³/mol. The van der Waals surface area contributed by atoms with Crippen molar-refractivity contribution in [1.82, 2.24) is 0 Å². The van der Waals surface area contributed by atoms with E-state index < -0.39 is 6.10 Å². The van der Waals surface area contributed by atoms with Gasteiger partial charge in [-0.2, -0.15) is 0 Å². The number of halogens is 2. The van der Waals surface area contributed by atoms with Crippen molar-refractivity contribution in [2.45, 2.75) is 40.7 Å². The van der Waals surface area contributed by atoms with Gasteiger partial charge < -0.3 is 5.11 Å². The number of rotatable bonds is 2. The monoisotopic (exact) mass is 458 g/mol. The van der Waals surface area contributed by atoms with Crippen molar-refractivity contribution in [2.75, 3.05) is 0 Å². The van der Waals surface area contributed by atoms with Gasteiger partial charge in [0.1, 0.15) is 6.10 Å². The number of aliphatic hydroxyl groups is 1. The number of hydrogen-bond acceptors (Lipinski definition) is 1. The van der Waals surface area contributed by atoms with Crippen molar-refractivity contribution < 1.29 is 5.11 Å². The van der Waals surface area contributed by atoms with E-state index in [1.165, 1.54) is 27.8 Å². The van der Waals surface area contributed by atoms with Gasteiger partial charge in [0.05, 0.1) is 0 Å². The third-order valence-electron chi connectivity index (χ3n) is 4.58. The molecule has 0 heterocycles. The Morgan fingerprint density at radius 1 is 0.905 bits per heavy atom. The summed E-state index contributed by atoms with van der Waals surface area (Å²) in [5.41, 5.74) is 8.21. The summed E-state index contributed by atoms with van der Waals surface area (Å²) in [6, 6.07) is 6.07. The maximum Gasteiger partial charge on any atom is 0.106 e. The van der Waals surface area contributed by atoms with E-state index in [1.54, 1.807) is 0 Å². The maximum absolute atomic E-state index is 11.0. The Kier molecular flexibility index (Phi) is 5.16. The van der Waals surface area contributed by atoms with E-state index in [4.69, 9.17) is 0 Å². The van der Waals surface area contributed by atoms with Crippen LogP contribution < -0.4 is 0 Å². The molecule has 0 saturated heterocycles. The van der Waals surface area contributed by atoms with Gasteiger partial charge in [-0.15, -0.1) is 0 Å². The minimum Gasteiger partial charge on any atom is -0.384 e. The SMILES string of the molecule is Cc1c(C)c(C)c(C(O)c2cc(I)ccc2Br)c(C)c1C. The standard InChI is InChI=1S/C18H20BrIO/c1-9-10(2)12(4)17(13(5)11(9)3)18(21)15-8-14(20)6-7-16(15)19/h6-8,18,21H,1-5H3. The van der Waals surface area contributed by atoms with Crippen molar-refractivity contribution in [2.24, 2.45) is 0 Å². The zero-order valence-corrected chi connectivity index (χ0v) is 16.8. The van der Waals surface area contributed by atoms with Gasteiger partial charge in [-0.3, -0.25) is 0 Å². The molecule has 21 heavy (non-hydrogen) atoms. The molecule has 112 valence electrons. The molecule has 1 unspecified atom stereocenters. The van der Waals surface area contributed by atoms with Crippen molar-refractivity contribution in [3.8, 4) is 0 Å². The summed E-state index contributed by atoms with van der Waals surface area (Å²) >= 11 is 5.84. The van der Waals surface area contributed by atoms with E-state index in [2.05, 4.69) is 73.1 Å². The number of benzene rings is 2. The molecular formula is C18H20BrIO. The van der Waals surface area contributed by atoms with Crippen molar-refractivity contribution >= 4 is 38.5 Å². The molecule has 0 bridgehead atoms. The maximum atomic E-state index is 11.0. The molecule has 0 aromatic heterocycles. The molecule has 1 N–H and O–H groups in total. The summed E-state index contributed by atoms with van der Waals surface area (Å²) in [6.07, 6.45) is -0.605. The fourth-order valence-electron chi connectivity index (χ4n) is 2.82. The van der Waals surface area contributed by atoms with Gasteiger partial charge in [0, 0.05) is 13.6 Å². The smallest absolute Gasteiger partial charge is 0.106 e. The quantitative estimate of drug-likeness (QED) is 0.574. The summed E-state index contributed by atoms with van der Waals surface area (Å²) < 4.78 is 2.07. The van der Waals surface area contributed by atoms with Crippen LogP contribution in [0.4, 0.5) is 0 Å². The van der Waals surface area contributed by atoms with E-state index >= 15 is 0 Å². The van der Waals surface area contributed by atoms with E-state index in [0.717, 1.165) is 19.2 Å². The molecule has 0 aliphatic heterocycles. The zero-order valence-electron chi connectivity index (χ0n) is 13.0. The molecule has 1 atom stereocenters. The van der Waals surface area contributed by atoms with Crippen LogP contribution in [0.2, 0.25) is 0 Å². The lowest BCUT2D eigenvalue weighted by Gasteiger charge is -2.23. The third-order valence-corrected chi connectivity index (χ3v) is 5.98. The van der Waals surface area contributed by atoms with E-state index in [0.29, 0.717) is 0 Å². The molecule has 0 aliphatic rings. The Morgan fingerprint density at radius 3 is 1.90 bits per heavy atom. The molecule has 0 saturated carbocycles. The molecule has 2 aromatic carbocycles. The lowest BCUT2D eigenvalue weighted by molar-refractivity contribution is 0.217. The molecule has 3 heteroatoms. The average Bonchev–Trinajstić information content (AvgIpc) is 2.45. The van der Waals surface area contributed by atoms with E-state index in [1.807, 2.05) is 18.2 Å². The van der Waals surface area contributed by atoms with Crippen LogP contribution in [0.25, 0.3) is 0 Å². The van der Waals surface area contributed by atoms with Crippen LogP contribution in [-0.4, -0.2) is 5.11 Å². The third kappa shape index (κ3) is 3.06. The predicted octanol–water partition coefficient (Wildman–Crippen LogP) is 5.68. The summed E-state index contributed by atoms with van der Waals surface area (Å²) in [6.45, 7) is 10.6. The zero-order chi connectivity index (χ0) is 15.9. The Morgan fingerprint density at radius 2 is 1.38 bits per heavy atom. The summed E-state index contributed by atoms with van der Waals surface area (Å²) in [4.78, 5) is 0. The molecule has 0 aliphatic carbocycles. The van der Waals surface area contributed by atoms with Gasteiger partial charge in [-0.1, -0.05) is 15.9 Å². The Balaban J connectivity index is 2.69. The van der Waals surface area contributed by atoms with Crippen molar-refractivity contribution in [3.63, 3.8) is 0 Å². The molecule has 0 fully saturated rings. The second-order valence-electron chi connectivity index (χ2n) is 5.61. The van der Waals surface area contributed by atoms with Crippen LogP contribution in [0.5, 0.6) is 0 Å². The van der Waals surface area contributed by atoms with Crippen LogP contribution in [0.15, 0.2) is 22.7 Å². The number of aliphatic hydroxyl groups excluding tert-OH is 1. The topological polar surface area (TPSA) is 20.2 Å². The largest absolute Gasteiger partial charge is 0.384 e. The second-order valence-corrected chi connectivity index (χ2v) is 7.71. The minimum absolute atomic E-state index is 0.605. The fraction of sp³-hybridized carbons (Fsp3) is 0.333. The minimum atomic E-state index is -0.605. The van der Waals surface area contributed by atoms with Crippen LogP contribution in [0.1, 0.15) is 45.0 Å². The molecular weight excluding hydrogens is 439 g/mol. The van der Waals surface area contributed by atoms with Crippen LogP contribution in [0.3, 0.4) is 0 Å². The lowest BCUT2D eigenvalue weighted by atomic mass is 9.85. The second kappa shape index (κ2) is 6.39. The molecule has 1 nitrogen and oxygen atoms in total. The Labute approximate surface area is 149 Å². The highest BCUT2D eigenvalue weighted by molar-refractivity contribution is 14.1. The molecule has 0 radical (unpaired) electrons. The first-order chi connectivity index (χ1) is 9.75. The van der Waals surface area contributed by atoms with Crippen molar-refractivity contribution in [3.05, 3.63) is 65.2 Å².